The Hall–Kier alpha value is -2.10. The summed E-state index contributed by atoms with van der Waals surface area (Å²) in [5.74, 6) is 0.806. The molecule has 2 rings (SSSR count). The predicted molar refractivity (Wildman–Crippen MR) is 97.2 cm³/mol. The van der Waals surface area contributed by atoms with Gasteiger partial charge in [0.05, 0.1) is 0 Å². The highest BCUT2D eigenvalue weighted by molar-refractivity contribution is 5.92. The molecule has 0 unspecified atom stereocenters. The molecule has 1 aliphatic rings. The normalized spacial score (nSPS) is 15.9. The van der Waals surface area contributed by atoms with Crippen LogP contribution in [0.1, 0.15) is 38.7 Å². The van der Waals surface area contributed by atoms with E-state index < -0.39 is 0 Å². The SMILES string of the molecule is CC(C)CCNC(=O)C1CCN(C(=O)/C=C/c2ccccc2)CC1. The molecule has 130 valence electrons. The second-order valence-electron chi connectivity index (χ2n) is 6.82. The van der Waals surface area contributed by atoms with Crippen molar-refractivity contribution in [3.8, 4) is 0 Å². The summed E-state index contributed by atoms with van der Waals surface area (Å²) in [4.78, 5) is 26.2. The fraction of sp³-hybridized carbons (Fsp3) is 0.500. The highest BCUT2D eigenvalue weighted by atomic mass is 16.2. The molecule has 0 aliphatic carbocycles. The Bertz CT molecular complexity index is 558. The van der Waals surface area contributed by atoms with Crippen molar-refractivity contribution in [2.24, 2.45) is 11.8 Å². The quantitative estimate of drug-likeness (QED) is 0.816. The maximum Gasteiger partial charge on any atom is 0.246 e. The third-order valence-electron chi connectivity index (χ3n) is 4.42. The zero-order valence-electron chi connectivity index (χ0n) is 14.7. The third-order valence-corrected chi connectivity index (χ3v) is 4.42. The fourth-order valence-corrected chi connectivity index (χ4v) is 2.83. The van der Waals surface area contributed by atoms with Gasteiger partial charge in [0.15, 0.2) is 0 Å². The number of rotatable bonds is 6. The van der Waals surface area contributed by atoms with Crippen molar-refractivity contribution in [3.63, 3.8) is 0 Å². The van der Waals surface area contributed by atoms with Crippen molar-refractivity contribution in [3.05, 3.63) is 42.0 Å². The van der Waals surface area contributed by atoms with E-state index in [0.29, 0.717) is 19.0 Å². The smallest absolute Gasteiger partial charge is 0.246 e. The number of piperidine rings is 1. The van der Waals surface area contributed by atoms with E-state index >= 15 is 0 Å². The van der Waals surface area contributed by atoms with Gasteiger partial charge in [-0.15, -0.1) is 0 Å². The first-order valence-corrected chi connectivity index (χ1v) is 8.86. The second kappa shape index (κ2) is 9.26. The average Bonchev–Trinajstić information content (AvgIpc) is 2.60. The van der Waals surface area contributed by atoms with Crippen LogP contribution < -0.4 is 5.32 Å². The molecule has 0 aromatic heterocycles. The summed E-state index contributed by atoms with van der Waals surface area (Å²) in [6.45, 7) is 6.36. The predicted octanol–water partition coefficient (Wildman–Crippen LogP) is 3.10. The summed E-state index contributed by atoms with van der Waals surface area (Å²) in [6.07, 6.45) is 5.97. The van der Waals surface area contributed by atoms with Gasteiger partial charge in [0.25, 0.3) is 0 Å². The molecule has 1 saturated heterocycles. The molecule has 2 amide bonds. The van der Waals surface area contributed by atoms with E-state index in [1.54, 1.807) is 6.08 Å². The van der Waals surface area contributed by atoms with Crippen molar-refractivity contribution in [1.82, 2.24) is 10.2 Å². The van der Waals surface area contributed by atoms with Crippen LogP contribution in [0.25, 0.3) is 6.08 Å². The van der Waals surface area contributed by atoms with Crippen LogP contribution in [-0.2, 0) is 9.59 Å². The lowest BCUT2D eigenvalue weighted by Gasteiger charge is -2.30. The summed E-state index contributed by atoms with van der Waals surface area (Å²) in [7, 11) is 0. The van der Waals surface area contributed by atoms with Gasteiger partial charge in [0.2, 0.25) is 11.8 Å². The molecular formula is C20H28N2O2. The molecule has 1 fully saturated rings. The molecule has 0 spiro atoms. The molecule has 1 heterocycles. The lowest BCUT2D eigenvalue weighted by atomic mass is 9.95. The summed E-state index contributed by atoms with van der Waals surface area (Å²) in [5, 5.41) is 3.02. The summed E-state index contributed by atoms with van der Waals surface area (Å²) < 4.78 is 0. The largest absolute Gasteiger partial charge is 0.356 e. The first kappa shape index (κ1) is 18.2. The molecule has 1 aromatic rings. The summed E-state index contributed by atoms with van der Waals surface area (Å²) in [5.41, 5.74) is 1.02. The molecule has 1 aliphatic heterocycles. The Morgan fingerprint density at radius 3 is 2.50 bits per heavy atom. The Kier molecular flexibility index (Phi) is 7.04. The first-order chi connectivity index (χ1) is 11.6. The maximum atomic E-state index is 12.2. The van der Waals surface area contributed by atoms with Crippen LogP contribution in [0.5, 0.6) is 0 Å². The van der Waals surface area contributed by atoms with E-state index in [2.05, 4.69) is 19.2 Å². The summed E-state index contributed by atoms with van der Waals surface area (Å²) in [6, 6.07) is 9.80. The van der Waals surface area contributed by atoms with Crippen LogP contribution >= 0.6 is 0 Å². The molecular weight excluding hydrogens is 300 g/mol. The highest BCUT2D eigenvalue weighted by Gasteiger charge is 2.26. The monoisotopic (exact) mass is 328 g/mol. The maximum absolute atomic E-state index is 12.2. The molecule has 24 heavy (non-hydrogen) atoms. The number of likely N-dealkylation sites (tertiary alicyclic amines) is 1. The molecule has 4 nitrogen and oxygen atoms in total. The van der Waals surface area contributed by atoms with Gasteiger partial charge in [0, 0.05) is 31.6 Å². The number of benzene rings is 1. The van der Waals surface area contributed by atoms with Crippen molar-refractivity contribution in [1.29, 1.82) is 0 Å². The molecule has 0 bridgehead atoms. The highest BCUT2D eigenvalue weighted by Crippen LogP contribution is 2.18. The van der Waals surface area contributed by atoms with Gasteiger partial charge in [0.1, 0.15) is 0 Å². The first-order valence-electron chi connectivity index (χ1n) is 8.86. The van der Waals surface area contributed by atoms with Crippen molar-refractivity contribution < 1.29 is 9.59 Å². The number of carbonyl (C=O) groups is 2. The van der Waals surface area contributed by atoms with E-state index in [1.165, 1.54) is 0 Å². The van der Waals surface area contributed by atoms with Gasteiger partial charge in [-0.2, -0.15) is 0 Å². The van der Waals surface area contributed by atoms with Gasteiger partial charge >= 0.3 is 0 Å². The Morgan fingerprint density at radius 1 is 1.21 bits per heavy atom. The third kappa shape index (κ3) is 5.84. The van der Waals surface area contributed by atoms with Gasteiger partial charge in [-0.3, -0.25) is 9.59 Å². The van der Waals surface area contributed by atoms with Crippen LogP contribution in [0.2, 0.25) is 0 Å². The number of hydrogen-bond acceptors (Lipinski definition) is 2. The second-order valence-corrected chi connectivity index (χ2v) is 6.82. The Labute approximate surface area is 144 Å². The van der Waals surface area contributed by atoms with Crippen LogP contribution in [0, 0.1) is 11.8 Å². The van der Waals surface area contributed by atoms with Gasteiger partial charge in [-0.25, -0.2) is 0 Å². The van der Waals surface area contributed by atoms with Crippen molar-refractivity contribution >= 4 is 17.9 Å². The Balaban J connectivity index is 1.74. The molecule has 1 aromatic carbocycles. The number of carbonyl (C=O) groups excluding carboxylic acids is 2. The van der Waals surface area contributed by atoms with Crippen molar-refractivity contribution in [2.45, 2.75) is 33.1 Å². The average molecular weight is 328 g/mol. The van der Waals surface area contributed by atoms with E-state index in [4.69, 9.17) is 0 Å². The van der Waals surface area contributed by atoms with Crippen LogP contribution in [0.3, 0.4) is 0 Å². The lowest BCUT2D eigenvalue weighted by Crippen LogP contribution is -2.42. The zero-order chi connectivity index (χ0) is 17.4. The van der Waals surface area contributed by atoms with Crippen molar-refractivity contribution in [2.75, 3.05) is 19.6 Å². The topological polar surface area (TPSA) is 49.4 Å². The van der Waals surface area contributed by atoms with E-state index in [0.717, 1.165) is 31.4 Å². The number of nitrogens with one attached hydrogen (secondary N) is 1. The van der Waals surface area contributed by atoms with E-state index in [-0.39, 0.29) is 17.7 Å². The van der Waals surface area contributed by atoms with Gasteiger partial charge < -0.3 is 10.2 Å². The minimum Gasteiger partial charge on any atom is -0.356 e. The standard InChI is InChI=1S/C20H28N2O2/c1-16(2)10-13-21-20(24)18-11-14-22(15-12-18)19(23)9-8-17-6-4-3-5-7-17/h3-9,16,18H,10-15H2,1-2H3,(H,21,24)/b9-8+. The van der Waals surface area contributed by atoms with Gasteiger partial charge in [-0.05, 0) is 36.8 Å². The zero-order valence-corrected chi connectivity index (χ0v) is 14.7. The number of nitrogens with zero attached hydrogens (tertiary/aromatic N) is 1. The van der Waals surface area contributed by atoms with Crippen LogP contribution in [0.4, 0.5) is 0 Å². The summed E-state index contributed by atoms with van der Waals surface area (Å²) >= 11 is 0. The molecule has 0 atom stereocenters. The van der Waals surface area contributed by atoms with Gasteiger partial charge in [-0.1, -0.05) is 44.2 Å². The molecule has 0 saturated carbocycles. The molecule has 4 heteroatoms. The molecule has 0 radical (unpaired) electrons. The Morgan fingerprint density at radius 2 is 1.88 bits per heavy atom. The van der Waals surface area contributed by atoms with E-state index in [9.17, 15) is 9.59 Å². The molecule has 1 N–H and O–H groups in total. The number of hydrogen-bond donors (Lipinski definition) is 1. The van der Waals surface area contributed by atoms with E-state index in [1.807, 2.05) is 41.3 Å². The minimum atomic E-state index is 0.0255. The van der Waals surface area contributed by atoms with Crippen LogP contribution in [0.15, 0.2) is 36.4 Å². The lowest BCUT2D eigenvalue weighted by molar-refractivity contribution is -0.132. The number of amides is 2. The minimum absolute atomic E-state index is 0.0255. The fourth-order valence-electron chi connectivity index (χ4n) is 2.83. The van der Waals surface area contributed by atoms with Crippen LogP contribution in [-0.4, -0.2) is 36.3 Å².